The van der Waals surface area contributed by atoms with Gasteiger partial charge in [-0.2, -0.15) is 0 Å². The minimum Gasteiger partial charge on any atom is -0.459 e. The second kappa shape index (κ2) is 7.24. The number of hydrogen-bond acceptors (Lipinski definition) is 4. The maximum Gasteiger partial charge on any atom is 0.409 e. The summed E-state index contributed by atoms with van der Waals surface area (Å²) in [5.74, 6) is -0.297. The van der Waals surface area contributed by atoms with Crippen LogP contribution in [0.4, 0.5) is 4.79 Å². The van der Waals surface area contributed by atoms with Gasteiger partial charge in [0.15, 0.2) is 0 Å². The Kier molecular flexibility index (Phi) is 6.73. The highest BCUT2D eigenvalue weighted by Gasteiger charge is 2.25. The highest BCUT2D eigenvalue weighted by Crippen LogP contribution is 2.16. The number of rotatable bonds is 5. The van der Waals surface area contributed by atoms with Gasteiger partial charge in [0.2, 0.25) is 0 Å². The summed E-state index contributed by atoms with van der Waals surface area (Å²) in [5.41, 5.74) is -0.545. The van der Waals surface area contributed by atoms with Crippen LogP contribution >= 0.6 is 0 Å². The summed E-state index contributed by atoms with van der Waals surface area (Å²) in [4.78, 5) is 24.7. The summed E-state index contributed by atoms with van der Waals surface area (Å²) >= 11 is 0. The van der Waals surface area contributed by atoms with Crippen molar-refractivity contribution in [1.82, 2.24) is 4.90 Å². The van der Waals surface area contributed by atoms with Crippen molar-refractivity contribution >= 4 is 12.1 Å². The van der Waals surface area contributed by atoms with E-state index >= 15 is 0 Å². The molecule has 106 valence electrons. The average molecular weight is 259 g/mol. The molecule has 1 amide bonds. The maximum atomic E-state index is 11.6. The Labute approximate surface area is 109 Å². The van der Waals surface area contributed by atoms with Gasteiger partial charge in [-0.05, 0) is 41.5 Å². The molecule has 0 aromatic rings. The van der Waals surface area contributed by atoms with Gasteiger partial charge in [-0.1, -0.05) is 0 Å². The monoisotopic (exact) mass is 259 g/mol. The van der Waals surface area contributed by atoms with Gasteiger partial charge in [-0.25, -0.2) is 4.79 Å². The van der Waals surface area contributed by atoms with Crippen LogP contribution in [-0.2, 0) is 14.3 Å². The molecule has 0 radical (unpaired) electrons. The van der Waals surface area contributed by atoms with Crippen LogP contribution in [0, 0.1) is 5.41 Å². The van der Waals surface area contributed by atoms with Crippen molar-refractivity contribution in [2.45, 2.75) is 47.6 Å². The lowest BCUT2D eigenvalue weighted by Gasteiger charge is -2.22. The van der Waals surface area contributed by atoms with Gasteiger partial charge < -0.3 is 14.4 Å². The lowest BCUT2D eigenvalue weighted by molar-refractivity contribution is -0.159. The maximum absolute atomic E-state index is 11.6. The van der Waals surface area contributed by atoms with Gasteiger partial charge in [0, 0.05) is 13.1 Å². The van der Waals surface area contributed by atoms with Crippen molar-refractivity contribution in [3.05, 3.63) is 0 Å². The summed E-state index contributed by atoms with van der Waals surface area (Å²) in [6.45, 7) is 12.1. The first-order valence-electron chi connectivity index (χ1n) is 6.35. The average Bonchev–Trinajstić information content (AvgIpc) is 2.26. The number of esters is 1. The molecule has 0 bridgehead atoms. The van der Waals surface area contributed by atoms with E-state index in [0.29, 0.717) is 13.1 Å². The molecule has 0 aliphatic heterocycles. The Morgan fingerprint density at radius 1 is 1.17 bits per heavy atom. The number of carbonyl (C=O) groups is 2. The largest absolute Gasteiger partial charge is 0.459 e. The molecule has 0 aliphatic rings. The predicted molar refractivity (Wildman–Crippen MR) is 69.3 cm³/mol. The van der Waals surface area contributed by atoms with Crippen molar-refractivity contribution in [3.8, 4) is 0 Å². The zero-order valence-corrected chi connectivity index (χ0v) is 12.3. The summed E-state index contributed by atoms with van der Waals surface area (Å²) < 4.78 is 10.2. The molecule has 1 atom stereocenters. The van der Waals surface area contributed by atoms with Crippen LogP contribution in [0.3, 0.4) is 0 Å². The number of ether oxygens (including phenoxy) is 2. The highest BCUT2D eigenvalue weighted by atomic mass is 16.6. The zero-order valence-electron chi connectivity index (χ0n) is 12.3. The van der Waals surface area contributed by atoms with Crippen LogP contribution in [-0.4, -0.2) is 42.8 Å². The third kappa shape index (κ3) is 5.89. The van der Waals surface area contributed by atoms with Crippen LogP contribution in [0.25, 0.3) is 0 Å². The Morgan fingerprint density at radius 2 is 1.67 bits per heavy atom. The molecule has 0 aromatic carbocycles. The van der Waals surface area contributed by atoms with Crippen LogP contribution in [0.1, 0.15) is 41.5 Å². The van der Waals surface area contributed by atoms with E-state index in [1.807, 2.05) is 13.8 Å². The van der Waals surface area contributed by atoms with Crippen LogP contribution < -0.4 is 0 Å². The van der Waals surface area contributed by atoms with E-state index in [1.165, 1.54) is 0 Å². The second-order valence-corrected chi connectivity index (χ2v) is 5.22. The molecule has 0 saturated heterocycles. The van der Waals surface area contributed by atoms with Crippen molar-refractivity contribution in [3.63, 3.8) is 0 Å². The molecule has 0 saturated carbocycles. The van der Waals surface area contributed by atoms with E-state index in [0.717, 1.165) is 0 Å². The Hall–Kier alpha value is -1.26. The molecular formula is C13H25NO4. The number of nitrogens with zero attached hydrogens (tertiary/aromatic N) is 1. The number of carbonyl (C=O) groups excluding carboxylic acids is 2. The topological polar surface area (TPSA) is 55.8 Å². The zero-order chi connectivity index (χ0) is 14.3. The fourth-order valence-electron chi connectivity index (χ4n) is 1.16. The van der Waals surface area contributed by atoms with Gasteiger partial charge in [-0.15, -0.1) is 0 Å². The van der Waals surface area contributed by atoms with E-state index in [-0.39, 0.29) is 18.7 Å². The normalized spacial score (nSPS) is 12.8. The number of amides is 1. The summed E-state index contributed by atoms with van der Waals surface area (Å²) in [7, 11) is 0. The molecule has 0 spiro atoms. The first-order chi connectivity index (χ1) is 8.22. The molecule has 0 N–H and O–H groups in total. The second-order valence-electron chi connectivity index (χ2n) is 5.22. The first kappa shape index (κ1) is 16.7. The van der Waals surface area contributed by atoms with E-state index in [2.05, 4.69) is 0 Å². The van der Waals surface area contributed by atoms with Crippen molar-refractivity contribution in [2.75, 3.05) is 19.7 Å². The fraction of sp³-hybridized carbons (Fsp3) is 0.846. The Balaban J connectivity index is 4.08. The van der Waals surface area contributed by atoms with Crippen LogP contribution in [0.15, 0.2) is 0 Å². The quantitative estimate of drug-likeness (QED) is 0.712. The lowest BCUT2D eigenvalue weighted by Crippen LogP contribution is -2.34. The summed E-state index contributed by atoms with van der Waals surface area (Å²) in [5, 5.41) is 0. The van der Waals surface area contributed by atoms with E-state index in [1.54, 1.807) is 32.6 Å². The molecule has 1 unspecified atom stereocenters. The molecule has 18 heavy (non-hydrogen) atoms. The van der Waals surface area contributed by atoms with Gasteiger partial charge in [0.1, 0.15) is 12.7 Å². The molecule has 0 heterocycles. The van der Waals surface area contributed by atoms with Gasteiger partial charge >= 0.3 is 12.1 Å². The standard InChI is InChI=1S/C13H25NO4/c1-7-14(8-2)12(16)17-9-10(3)18-11(15)13(4,5)6/h10H,7-9H2,1-6H3. The van der Waals surface area contributed by atoms with Crippen LogP contribution in [0.2, 0.25) is 0 Å². The fourth-order valence-corrected chi connectivity index (χ4v) is 1.16. The summed E-state index contributed by atoms with van der Waals surface area (Å²) in [6.07, 6.45) is -0.810. The van der Waals surface area contributed by atoms with Crippen molar-refractivity contribution in [1.29, 1.82) is 0 Å². The van der Waals surface area contributed by atoms with Gasteiger partial charge in [0.05, 0.1) is 5.41 Å². The van der Waals surface area contributed by atoms with Gasteiger partial charge in [0.25, 0.3) is 0 Å². The Bertz CT molecular complexity index is 279. The minimum atomic E-state index is -0.545. The minimum absolute atomic E-state index is 0.0805. The summed E-state index contributed by atoms with van der Waals surface area (Å²) in [6, 6.07) is 0. The highest BCUT2D eigenvalue weighted by molar-refractivity contribution is 5.75. The van der Waals surface area contributed by atoms with E-state index in [4.69, 9.17) is 9.47 Å². The molecule has 5 heteroatoms. The van der Waals surface area contributed by atoms with Crippen molar-refractivity contribution in [2.24, 2.45) is 5.41 Å². The third-order valence-corrected chi connectivity index (χ3v) is 2.38. The molecule has 5 nitrogen and oxygen atoms in total. The predicted octanol–water partition coefficient (Wildman–Crippen LogP) is 2.44. The van der Waals surface area contributed by atoms with Gasteiger partial charge in [-0.3, -0.25) is 4.79 Å². The molecular weight excluding hydrogens is 234 g/mol. The Morgan fingerprint density at radius 3 is 2.06 bits per heavy atom. The molecule has 0 aromatic heterocycles. The molecule has 0 aliphatic carbocycles. The van der Waals surface area contributed by atoms with E-state index < -0.39 is 11.5 Å². The SMILES string of the molecule is CCN(CC)C(=O)OCC(C)OC(=O)C(C)(C)C. The molecule has 0 rings (SSSR count). The lowest BCUT2D eigenvalue weighted by atomic mass is 9.97. The first-order valence-corrected chi connectivity index (χ1v) is 6.35. The molecule has 0 fully saturated rings. The number of hydrogen-bond donors (Lipinski definition) is 0. The third-order valence-electron chi connectivity index (χ3n) is 2.38. The van der Waals surface area contributed by atoms with Crippen LogP contribution in [0.5, 0.6) is 0 Å². The van der Waals surface area contributed by atoms with E-state index in [9.17, 15) is 9.59 Å². The van der Waals surface area contributed by atoms with Crippen molar-refractivity contribution < 1.29 is 19.1 Å². The smallest absolute Gasteiger partial charge is 0.409 e.